The maximum Gasteiger partial charge on any atom is 0.293 e. The zero-order chi connectivity index (χ0) is 19.3. The Bertz CT molecular complexity index is 867. The lowest BCUT2D eigenvalue weighted by Gasteiger charge is -2.25. The van der Waals surface area contributed by atoms with Crippen LogP contribution in [0.5, 0.6) is 0 Å². The quantitative estimate of drug-likeness (QED) is 0.561. The van der Waals surface area contributed by atoms with Crippen LogP contribution in [0.2, 0.25) is 0 Å². The molecule has 0 bridgehead atoms. The maximum absolute atomic E-state index is 11.6. The van der Waals surface area contributed by atoms with Gasteiger partial charge in [-0.1, -0.05) is 30.3 Å². The first-order valence-corrected chi connectivity index (χ1v) is 10.0. The smallest absolute Gasteiger partial charge is 0.293 e. The second-order valence-corrected chi connectivity index (χ2v) is 8.41. The molecule has 8 heteroatoms. The lowest BCUT2D eigenvalue weighted by atomic mass is 10.1. The second kappa shape index (κ2) is 8.29. The molecule has 0 aliphatic carbocycles. The van der Waals surface area contributed by atoms with Crippen LogP contribution < -0.4 is 5.32 Å². The van der Waals surface area contributed by atoms with Gasteiger partial charge in [0, 0.05) is 24.9 Å². The number of anilines is 1. The summed E-state index contributed by atoms with van der Waals surface area (Å²) >= 11 is 0. The Balaban J connectivity index is 2.19. The third-order valence-electron chi connectivity index (χ3n) is 4.17. The van der Waals surface area contributed by atoms with E-state index in [9.17, 15) is 18.5 Å². The van der Waals surface area contributed by atoms with Gasteiger partial charge in [0.2, 0.25) is 0 Å². The highest BCUT2D eigenvalue weighted by Crippen LogP contribution is 2.27. The second-order valence-electron chi connectivity index (χ2n) is 6.40. The predicted octanol–water partition coefficient (Wildman–Crippen LogP) is 2.58. The molecule has 2 aromatic rings. The SMILES string of the molecule is CN(C)[C@@H](CNc1ccc(S(C)(=O)=O)cc1[N+](=O)[O-])Cc1ccccc1. The van der Waals surface area contributed by atoms with Gasteiger partial charge in [0.15, 0.2) is 9.84 Å². The number of rotatable bonds is 8. The molecule has 0 aliphatic rings. The molecular formula is C18H23N3O4S. The van der Waals surface area contributed by atoms with Crippen molar-refractivity contribution in [1.82, 2.24) is 4.90 Å². The third kappa shape index (κ3) is 5.27. The van der Waals surface area contributed by atoms with Gasteiger partial charge in [-0.3, -0.25) is 10.1 Å². The van der Waals surface area contributed by atoms with Crippen LogP contribution in [0, 0.1) is 10.1 Å². The van der Waals surface area contributed by atoms with Gasteiger partial charge in [0.25, 0.3) is 5.69 Å². The Kier molecular flexibility index (Phi) is 6.33. The molecule has 0 saturated carbocycles. The number of nitro benzene ring substituents is 1. The van der Waals surface area contributed by atoms with E-state index in [2.05, 4.69) is 10.2 Å². The predicted molar refractivity (Wildman–Crippen MR) is 102 cm³/mol. The van der Waals surface area contributed by atoms with E-state index in [1.165, 1.54) is 17.7 Å². The Morgan fingerprint density at radius 1 is 1.15 bits per heavy atom. The molecule has 0 heterocycles. The molecule has 26 heavy (non-hydrogen) atoms. The summed E-state index contributed by atoms with van der Waals surface area (Å²) in [6.07, 6.45) is 1.82. The van der Waals surface area contributed by atoms with Crippen molar-refractivity contribution < 1.29 is 13.3 Å². The highest BCUT2D eigenvalue weighted by Gasteiger charge is 2.20. The summed E-state index contributed by atoms with van der Waals surface area (Å²) in [6.45, 7) is 0.487. The van der Waals surface area contributed by atoms with E-state index < -0.39 is 14.8 Å². The van der Waals surface area contributed by atoms with Crippen LogP contribution >= 0.6 is 0 Å². The highest BCUT2D eigenvalue weighted by molar-refractivity contribution is 7.90. The number of nitro groups is 1. The van der Waals surface area contributed by atoms with Crippen LogP contribution in [-0.4, -0.2) is 51.2 Å². The van der Waals surface area contributed by atoms with Crippen molar-refractivity contribution in [2.75, 3.05) is 32.2 Å². The fourth-order valence-corrected chi connectivity index (χ4v) is 3.23. The lowest BCUT2D eigenvalue weighted by molar-refractivity contribution is -0.384. The number of benzene rings is 2. The molecular weight excluding hydrogens is 354 g/mol. The van der Waals surface area contributed by atoms with E-state index >= 15 is 0 Å². The minimum atomic E-state index is -3.50. The molecule has 0 spiro atoms. The van der Waals surface area contributed by atoms with Gasteiger partial charge in [-0.05, 0) is 38.2 Å². The van der Waals surface area contributed by atoms with Crippen molar-refractivity contribution in [1.29, 1.82) is 0 Å². The standard InChI is InChI=1S/C18H23N3O4S/c1-20(2)15(11-14-7-5-4-6-8-14)13-19-17-10-9-16(26(3,24)25)12-18(17)21(22)23/h4-10,12,15,19H,11,13H2,1-3H3/t15-/m1/s1. The Hall–Kier alpha value is -2.45. The topological polar surface area (TPSA) is 92.6 Å². The summed E-state index contributed by atoms with van der Waals surface area (Å²) < 4.78 is 23.3. The molecule has 7 nitrogen and oxygen atoms in total. The van der Waals surface area contributed by atoms with Gasteiger partial charge in [0.1, 0.15) is 5.69 Å². The molecule has 0 aromatic heterocycles. The number of hydrogen-bond acceptors (Lipinski definition) is 6. The molecule has 0 aliphatic heterocycles. The fourth-order valence-electron chi connectivity index (χ4n) is 2.59. The summed E-state index contributed by atoms with van der Waals surface area (Å²) in [5.74, 6) is 0. The number of nitrogens with zero attached hydrogens (tertiary/aromatic N) is 2. The molecule has 0 fully saturated rings. The Morgan fingerprint density at radius 2 is 1.81 bits per heavy atom. The number of sulfone groups is 1. The average molecular weight is 377 g/mol. The van der Waals surface area contributed by atoms with Crippen LogP contribution in [0.4, 0.5) is 11.4 Å². The van der Waals surface area contributed by atoms with Gasteiger partial charge >= 0.3 is 0 Å². The van der Waals surface area contributed by atoms with E-state index in [1.54, 1.807) is 0 Å². The Morgan fingerprint density at radius 3 is 2.35 bits per heavy atom. The Labute approximate surface area is 153 Å². The summed E-state index contributed by atoms with van der Waals surface area (Å²) in [7, 11) is 0.408. The summed E-state index contributed by atoms with van der Waals surface area (Å²) in [5, 5.41) is 14.4. The fraction of sp³-hybridized carbons (Fsp3) is 0.333. The first-order valence-electron chi connectivity index (χ1n) is 8.11. The van der Waals surface area contributed by atoms with Crippen LogP contribution in [0.25, 0.3) is 0 Å². The van der Waals surface area contributed by atoms with E-state index in [4.69, 9.17) is 0 Å². The van der Waals surface area contributed by atoms with E-state index in [1.807, 2.05) is 44.4 Å². The van der Waals surface area contributed by atoms with Crippen LogP contribution in [0.15, 0.2) is 53.4 Å². The first-order chi connectivity index (χ1) is 12.2. The zero-order valence-corrected chi connectivity index (χ0v) is 15.9. The number of nitrogens with one attached hydrogen (secondary N) is 1. The molecule has 0 radical (unpaired) electrons. The monoisotopic (exact) mass is 377 g/mol. The largest absolute Gasteiger partial charge is 0.378 e. The molecule has 0 saturated heterocycles. The summed E-state index contributed by atoms with van der Waals surface area (Å²) in [5.41, 5.74) is 1.24. The molecule has 140 valence electrons. The molecule has 0 unspecified atom stereocenters. The van der Waals surface area contributed by atoms with Gasteiger partial charge in [-0.2, -0.15) is 0 Å². The summed E-state index contributed by atoms with van der Waals surface area (Å²) in [4.78, 5) is 12.7. The van der Waals surface area contributed by atoms with Crippen molar-refractivity contribution in [3.05, 3.63) is 64.2 Å². The number of likely N-dealkylation sites (N-methyl/N-ethyl adjacent to an activating group) is 1. The van der Waals surface area contributed by atoms with Crippen molar-refractivity contribution >= 4 is 21.2 Å². The number of hydrogen-bond donors (Lipinski definition) is 1. The van der Waals surface area contributed by atoms with Crippen LogP contribution in [-0.2, 0) is 16.3 Å². The summed E-state index contributed by atoms with van der Waals surface area (Å²) in [6, 6.07) is 14.0. The third-order valence-corrected chi connectivity index (χ3v) is 5.28. The van der Waals surface area contributed by atoms with Crippen LogP contribution in [0.1, 0.15) is 5.56 Å². The average Bonchev–Trinajstić information content (AvgIpc) is 2.58. The van der Waals surface area contributed by atoms with Crippen molar-refractivity contribution in [3.8, 4) is 0 Å². The van der Waals surface area contributed by atoms with Gasteiger partial charge in [-0.25, -0.2) is 8.42 Å². The maximum atomic E-state index is 11.6. The van der Waals surface area contributed by atoms with Gasteiger partial charge < -0.3 is 10.2 Å². The molecule has 2 rings (SSSR count). The van der Waals surface area contributed by atoms with Gasteiger partial charge in [-0.15, -0.1) is 0 Å². The highest BCUT2D eigenvalue weighted by atomic mass is 32.2. The van der Waals surface area contributed by atoms with Crippen molar-refractivity contribution in [2.45, 2.75) is 17.4 Å². The minimum Gasteiger partial charge on any atom is -0.378 e. The van der Waals surface area contributed by atoms with Crippen molar-refractivity contribution in [3.63, 3.8) is 0 Å². The van der Waals surface area contributed by atoms with E-state index in [0.717, 1.165) is 18.7 Å². The van der Waals surface area contributed by atoms with Crippen LogP contribution in [0.3, 0.4) is 0 Å². The van der Waals surface area contributed by atoms with Gasteiger partial charge in [0.05, 0.1) is 9.82 Å². The molecule has 1 atom stereocenters. The lowest BCUT2D eigenvalue weighted by Crippen LogP contribution is -2.36. The normalized spacial score (nSPS) is 12.8. The molecule has 0 amide bonds. The first kappa shape index (κ1) is 19.9. The van der Waals surface area contributed by atoms with E-state index in [-0.39, 0.29) is 16.6 Å². The molecule has 2 aromatic carbocycles. The molecule has 1 N–H and O–H groups in total. The minimum absolute atomic E-state index is 0.0665. The van der Waals surface area contributed by atoms with Crippen molar-refractivity contribution in [2.24, 2.45) is 0 Å². The zero-order valence-electron chi connectivity index (χ0n) is 15.0. The van der Waals surface area contributed by atoms with E-state index in [0.29, 0.717) is 12.2 Å².